The fraction of sp³-hybridized carbons (Fsp3) is 0.368. The number of benzene rings is 2. The Hall–Kier alpha value is -1.69. The standard InChI is InChI=1S/C19H24N2O2S/c1-14(2)16-9-6-10-17(11-16)24(22,23)21-12-18(19(20)13-21)15-7-4-3-5-8-15/h3-11,14,18-19H,12-13,20H2,1-2H3/t18-,19+/m0/s1. The summed E-state index contributed by atoms with van der Waals surface area (Å²) in [5.41, 5.74) is 8.37. The molecule has 3 rings (SSSR count). The minimum Gasteiger partial charge on any atom is -0.326 e. The summed E-state index contributed by atoms with van der Waals surface area (Å²) in [5.74, 6) is 0.326. The van der Waals surface area contributed by atoms with Gasteiger partial charge in [0.2, 0.25) is 10.0 Å². The van der Waals surface area contributed by atoms with Crippen LogP contribution in [0.4, 0.5) is 0 Å². The molecule has 0 aliphatic carbocycles. The third-order valence-electron chi connectivity index (χ3n) is 4.72. The van der Waals surface area contributed by atoms with Crippen LogP contribution in [-0.2, 0) is 10.0 Å². The van der Waals surface area contributed by atoms with Gasteiger partial charge >= 0.3 is 0 Å². The lowest BCUT2D eigenvalue weighted by atomic mass is 9.95. The van der Waals surface area contributed by atoms with Gasteiger partial charge in [-0.15, -0.1) is 0 Å². The molecule has 24 heavy (non-hydrogen) atoms. The monoisotopic (exact) mass is 344 g/mol. The predicted octanol–water partition coefficient (Wildman–Crippen LogP) is 2.93. The zero-order valence-corrected chi connectivity index (χ0v) is 14.9. The fourth-order valence-corrected chi connectivity index (χ4v) is 4.78. The van der Waals surface area contributed by atoms with Crippen LogP contribution in [0, 0.1) is 0 Å². The van der Waals surface area contributed by atoms with Crippen LogP contribution in [0.25, 0.3) is 0 Å². The molecule has 2 N–H and O–H groups in total. The van der Waals surface area contributed by atoms with Crippen LogP contribution in [0.2, 0.25) is 0 Å². The first-order valence-corrected chi connectivity index (χ1v) is 9.74. The maximum atomic E-state index is 13.0. The average Bonchev–Trinajstić information content (AvgIpc) is 2.98. The van der Waals surface area contributed by atoms with Crippen molar-refractivity contribution in [2.45, 2.75) is 36.6 Å². The van der Waals surface area contributed by atoms with Crippen molar-refractivity contribution in [1.82, 2.24) is 4.31 Å². The summed E-state index contributed by atoms with van der Waals surface area (Å²) in [6, 6.07) is 16.9. The van der Waals surface area contributed by atoms with Gasteiger partial charge in [0.15, 0.2) is 0 Å². The average molecular weight is 344 g/mol. The first kappa shape index (κ1) is 17.1. The van der Waals surface area contributed by atoms with Crippen LogP contribution in [0.15, 0.2) is 59.5 Å². The molecule has 0 unspecified atom stereocenters. The van der Waals surface area contributed by atoms with Crippen LogP contribution >= 0.6 is 0 Å². The molecule has 0 aromatic heterocycles. The van der Waals surface area contributed by atoms with Gasteiger partial charge in [0.05, 0.1) is 4.90 Å². The molecule has 0 amide bonds. The molecule has 1 heterocycles. The Morgan fingerprint density at radius 3 is 2.42 bits per heavy atom. The van der Waals surface area contributed by atoms with E-state index in [4.69, 9.17) is 5.73 Å². The molecule has 0 spiro atoms. The van der Waals surface area contributed by atoms with Crippen molar-refractivity contribution < 1.29 is 8.42 Å². The summed E-state index contributed by atoms with van der Waals surface area (Å²) >= 11 is 0. The second-order valence-corrected chi connectivity index (χ2v) is 8.67. The second-order valence-electron chi connectivity index (χ2n) is 6.73. The highest BCUT2D eigenvalue weighted by Crippen LogP contribution is 2.31. The molecule has 1 aliphatic rings. The third kappa shape index (κ3) is 3.24. The highest BCUT2D eigenvalue weighted by molar-refractivity contribution is 7.89. The first-order valence-electron chi connectivity index (χ1n) is 8.30. The van der Waals surface area contributed by atoms with E-state index in [1.165, 1.54) is 4.31 Å². The highest BCUT2D eigenvalue weighted by atomic mass is 32.2. The molecule has 0 radical (unpaired) electrons. The number of hydrogen-bond acceptors (Lipinski definition) is 3. The largest absolute Gasteiger partial charge is 0.326 e. The van der Waals surface area contributed by atoms with E-state index in [9.17, 15) is 8.42 Å². The van der Waals surface area contributed by atoms with Crippen LogP contribution in [0.1, 0.15) is 36.8 Å². The molecule has 0 saturated carbocycles. The predicted molar refractivity (Wildman–Crippen MR) is 96.4 cm³/mol. The molecule has 1 aliphatic heterocycles. The van der Waals surface area contributed by atoms with E-state index in [0.717, 1.165) is 11.1 Å². The third-order valence-corrected chi connectivity index (χ3v) is 6.55. The van der Waals surface area contributed by atoms with Gasteiger partial charge in [0.1, 0.15) is 0 Å². The van der Waals surface area contributed by atoms with Crippen molar-refractivity contribution in [2.24, 2.45) is 5.73 Å². The van der Waals surface area contributed by atoms with Crippen molar-refractivity contribution in [3.63, 3.8) is 0 Å². The summed E-state index contributed by atoms with van der Waals surface area (Å²) in [7, 11) is -3.52. The van der Waals surface area contributed by atoms with Crippen molar-refractivity contribution in [2.75, 3.05) is 13.1 Å². The number of hydrogen-bond donors (Lipinski definition) is 1. The SMILES string of the molecule is CC(C)c1cccc(S(=O)(=O)N2C[C@@H](N)[C@H](c3ccccc3)C2)c1. The molecule has 2 aromatic carbocycles. The fourth-order valence-electron chi connectivity index (χ4n) is 3.22. The summed E-state index contributed by atoms with van der Waals surface area (Å²) in [5, 5.41) is 0. The molecule has 128 valence electrons. The van der Waals surface area contributed by atoms with Gasteiger partial charge in [-0.3, -0.25) is 0 Å². The van der Waals surface area contributed by atoms with Gasteiger partial charge < -0.3 is 5.73 Å². The van der Waals surface area contributed by atoms with E-state index in [1.807, 2.05) is 42.5 Å². The molecule has 1 fully saturated rings. The summed E-state index contributed by atoms with van der Waals surface area (Å²) in [6.07, 6.45) is 0. The first-order chi connectivity index (χ1) is 11.4. The maximum Gasteiger partial charge on any atom is 0.243 e. The molecular formula is C19H24N2O2S. The van der Waals surface area contributed by atoms with E-state index in [-0.39, 0.29) is 17.9 Å². The van der Waals surface area contributed by atoms with Crippen LogP contribution in [0.3, 0.4) is 0 Å². The summed E-state index contributed by atoms with van der Waals surface area (Å²) in [4.78, 5) is 0.356. The Bertz CT molecular complexity index is 803. The second kappa shape index (κ2) is 6.67. The number of nitrogens with zero attached hydrogens (tertiary/aromatic N) is 1. The minimum atomic E-state index is -3.52. The van der Waals surface area contributed by atoms with Crippen molar-refractivity contribution >= 4 is 10.0 Å². The quantitative estimate of drug-likeness (QED) is 0.927. The molecule has 2 aromatic rings. The van der Waals surface area contributed by atoms with Gasteiger partial charge in [-0.2, -0.15) is 4.31 Å². The lowest BCUT2D eigenvalue weighted by Crippen LogP contribution is -2.32. The van der Waals surface area contributed by atoms with Crippen LogP contribution < -0.4 is 5.73 Å². The van der Waals surface area contributed by atoms with Gasteiger partial charge in [0, 0.05) is 25.0 Å². The van der Waals surface area contributed by atoms with Crippen molar-refractivity contribution in [1.29, 1.82) is 0 Å². The Morgan fingerprint density at radius 1 is 1.04 bits per heavy atom. The molecule has 1 saturated heterocycles. The zero-order chi connectivity index (χ0) is 17.3. The number of rotatable bonds is 4. The minimum absolute atomic E-state index is 0.0363. The Labute approximate surface area is 144 Å². The van der Waals surface area contributed by atoms with Crippen LogP contribution in [0.5, 0.6) is 0 Å². The molecule has 4 nitrogen and oxygen atoms in total. The van der Waals surface area contributed by atoms with Gasteiger partial charge in [0.25, 0.3) is 0 Å². The van der Waals surface area contributed by atoms with E-state index >= 15 is 0 Å². The smallest absolute Gasteiger partial charge is 0.243 e. The Morgan fingerprint density at radius 2 is 1.75 bits per heavy atom. The summed E-state index contributed by atoms with van der Waals surface area (Å²) < 4.78 is 27.5. The van der Waals surface area contributed by atoms with E-state index in [1.54, 1.807) is 12.1 Å². The lowest BCUT2D eigenvalue weighted by Gasteiger charge is -2.17. The molecule has 5 heteroatoms. The molecule has 2 atom stereocenters. The maximum absolute atomic E-state index is 13.0. The van der Waals surface area contributed by atoms with E-state index < -0.39 is 10.0 Å². The normalized spacial score (nSPS) is 22.2. The topological polar surface area (TPSA) is 63.4 Å². The lowest BCUT2D eigenvalue weighted by molar-refractivity contribution is 0.470. The van der Waals surface area contributed by atoms with E-state index in [0.29, 0.717) is 18.0 Å². The highest BCUT2D eigenvalue weighted by Gasteiger charge is 2.38. The van der Waals surface area contributed by atoms with Crippen LogP contribution in [-0.4, -0.2) is 31.9 Å². The Balaban J connectivity index is 1.88. The van der Waals surface area contributed by atoms with Gasteiger partial charge in [-0.1, -0.05) is 56.3 Å². The van der Waals surface area contributed by atoms with Gasteiger partial charge in [-0.25, -0.2) is 8.42 Å². The molecule has 0 bridgehead atoms. The molecular weight excluding hydrogens is 320 g/mol. The number of nitrogens with two attached hydrogens (primary N) is 1. The zero-order valence-electron chi connectivity index (χ0n) is 14.1. The van der Waals surface area contributed by atoms with Gasteiger partial charge in [-0.05, 0) is 29.2 Å². The van der Waals surface area contributed by atoms with Crippen molar-refractivity contribution in [3.05, 3.63) is 65.7 Å². The summed E-state index contributed by atoms with van der Waals surface area (Å²) in [6.45, 7) is 4.90. The van der Waals surface area contributed by atoms with Crippen molar-refractivity contribution in [3.8, 4) is 0 Å². The Kier molecular flexibility index (Phi) is 4.76. The number of sulfonamides is 1. The van der Waals surface area contributed by atoms with E-state index in [2.05, 4.69) is 13.8 Å².